The number of ether oxygens (including phenoxy) is 3. The van der Waals surface area contributed by atoms with Gasteiger partial charge in [0.05, 0.1) is 32.3 Å². The third-order valence-corrected chi connectivity index (χ3v) is 6.19. The molecule has 0 bridgehead atoms. The van der Waals surface area contributed by atoms with Crippen LogP contribution in [0.2, 0.25) is 0 Å². The number of aliphatic hydroxyl groups is 2. The van der Waals surface area contributed by atoms with Gasteiger partial charge in [0, 0.05) is 43.3 Å². The Balaban J connectivity index is 2.10. The van der Waals surface area contributed by atoms with Gasteiger partial charge in [0.15, 0.2) is 11.5 Å². The van der Waals surface area contributed by atoms with Gasteiger partial charge in [0.25, 0.3) is 0 Å². The van der Waals surface area contributed by atoms with E-state index in [1.807, 2.05) is 0 Å². The molecule has 0 saturated carbocycles. The summed E-state index contributed by atoms with van der Waals surface area (Å²) in [5.74, 6) is -0.780. The van der Waals surface area contributed by atoms with Crippen LogP contribution >= 0.6 is 0 Å². The Morgan fingerprint density at radius 3 is 2.71 bits per heavy atom. The van der Waals surface area contributed by atoms with Crippen molar-refractivity contribution in [1.29, 1.82) is 0 Å². The molecule has 190 valence electrons. The molecular weight excluding hydrogens is 456 g/mol. The molecule has 10 heteroatoms. The average Bonchev–Trinajstić information content (AvgIpc) is 3.26. The number of nitrogens with one attached hydrogen (secondary N) is 1. The van der Waals surface area contributed by atoms with Crippen LogP contribution < -0.4 is 14.8 Å². The molecule has 35 heavy (non-hydrogen) atoms. The van der Waals surface area contributed by atoms with Gasteiger partial charge < -0.3 is 34.6 Å². The van der Waals surface area contributed by atoms with E-state index in [4.69, 9.17) is 14.2 Å². The number of aliphatic hydroxyl groups excluding tert-OH is 2. The number of fused-ring (bicyclic) bond motifs is 3. The highest BCUT2D eigenvalue weighted by atomic mass is 16.5. The summed E-state index contributed by atoms with van der Waals surface area (Å²) in [7, 11) is 2.95. The van der Waals surface area contributed by atoms with Crippen molar-refractivity contribution < 1.29 is 38.8 Å². The number of allylic oxidation sites excluding steroid dienone is 1. The fourth-order valence-electron chi connectivity index (χ4n) is 4.56. The lowest BCUT2D eigenvalue weighted by Crippen LogP contribution is -2.56. The van der Waals surface area contributed by atoms with Crippen LogP contribution in [0.25, 0.3) is 0 Å². The number of methoxy groups -OCH3 is 2. The molecule has 4 atom stereocenters. The van der Waals surface area contributed by atoms with Crippen molar-refractivity contribution in [3.8, 4) is 11.5 Å². The van der Waals surface area contributed by atoms with Gasteiger partial charge in [0.2, 0.25) is 11.8 Å². The van der Waals surface area contributed by atoms with Gasteiger partial charge >= 0.3 is 0 Å². The predicted octanol–water partition coefficient (Wildman–Crippen LogP) is 0.572. The quantitative estimate of drug-likeness (QED) is 0.287. The Kier molecular flexibility index (Phi) is 9.02. The molecule has 0 saturated heterocycles. The van der Waals surface area contributed by atoms with E-state index in [2.05, 4.69) is 11.9 Å². The first-order chi connectivity index (χ1) is 16.9. The summed E-state index contributed by atoms with van der Waals surface area (Å²) in [6.45, 7) is 3.85. The summed E-state index contributed by atoms with van der Waals surface area (Å²) in [5.41, 5.74) is 1.13. The minimum absolute atomic E-state index is 0.0256. The van der Waals surface area contributed by atoms with E-state index in [-0.39, 0.29) is 44.2 Å². The molecule has 0 radical (unpaired) electrons. The highest BCUT2D eigenvalue weighted by Gasteiger charge is 2.51. The molecule has 1 aromatic carbocycles. The summed E-state index contributed by atoms with van der Waals surface area (Å²) in [5, 5.41) is 23.3. The summed E-state index contributed by atoms with van der Waals surface area (Å²) < 4.78 is 16.7. The average molecular weight is 489 g/mol. The number of rotatable bonds is 12. The molecule has 1 aromatic rings. The maximum absolute atomic E-state index is 13.2. The second-order valence-corrected chi connectivity index (χ2v) is 8.31. The Morgan fingerprint density at radius 1 is 1.31 bits per heavy atom. The first-order valence-corrected chi connectivity index (χ1v) is 11.4. The number of carbonyl (C=O) groups is 3. The smallest absolute Gasteiger partial charge is 0.247 e. The summed E-state index contributed by atoms with van der Waals surface area (Å²) in [6, 6.07) is 2.25. The fraction of sp³-hybridized carbons (Fsp3) is 0.480. The normalized spacial score (nSPS) is 22.2. The van der Waals surface area contributed by atoms with Gasteiger partial charge in [-0.1, -0.05) is 6.08 Å². The van der Waals surface area contributed by atoms with Crippen LogP contribution in [0.1, 0.15) is 34.7 Å². The molecule has 2 amide bonds. The number of hydrogen-bond acceptors (Lipinski definition) is 8. The number of benzene rings is 1. The molecule has 3 N–H and O–H groups in total. The van der Waals surface area contributed by atoms with E-state index in [9.17, 15) is 24.6 Å². The molecule has 0 aromatic heterocycles. The molecule has 0 fully saturated rings. The van der Waals surface area contributed by atoms with Crippen molar-refractivity contribution in [1.82, 2.24) is 10.2 Å². The van der Waals surface area contributed by atoms with E-state index in [0.29, 0.717) is 35.3 Å². The highest BCUT2D eigenvalue weighted by molar-refractivity contribution is 5.96. The van der Waals surface area contributed by atoms with Crippen LogP contribution in [0.4, 0.5) is 0 Å². The number of carbonyl (C=O) groups excluding carboxylic acids is 3. The van der Waals surface area contributed by atoms with Crippen molar-refractivity contribution in [3.63, 3.8) is 0 Å². The lowest BCUT2D eigenvalue weighted by Gasteiger charge is -2.40. The lowest BCUT2D eigenvalue weighted by atomic mass is 9.77. The molecule has 1 aliphatic carbocycles. The monoisotopic (exact) mass is 488 g/mol. The maximum Gasteiger partial charge on any atom is 0.247 e. The zero-order valence-corrected chi connectivity index (χ0v) is 19.9. The Bertz CT molecular complexity index is 992. The van der Waals surface area contributed by atoms with Crippen molar-refractivity contribution in [2.24, 2.45) is 0 Å². The predicted molar refractivity (Wildman–Crippen MR) is 127 cm³/mol. The lowest BCUT2D eigenvalue weighted by molar-refractivity contribution is -0.138. The molecule has 1 aliphatic heterocycles. The molecule has 1 heterocycles. The third-order valence-electron chi connectivity index (χ3n) is 6.19. The van der Waals surface area contributed by atoms with Gasteiger partial charge in [0.1, 0.15) is 18.5 Å². The van der Waals surface area contributed by atoms with E-state index in [1.165, 1.54) is 25.2 Å². The molecule has 3 rings (SSSR count). The van der Waals surface area contributed by atoms with E-state index in [0.717, 1.165) is 0 Å². The summed E-state index contributed by atoms with van der Waals surface area (Å²) in [4.78, 5) is 39.2. The first kappa shape index (κ1) is 26.4. The van der Waals surface area contributed by atoms with Crippen LogP contribution in [-0.2, 0) is 14.3 Å². The maximum atomic E-state index is 13.2. The second-order valence-electron chi connectivity index (χ2n) is 8.31. The minimum atomic E-state index is -1.18. The van der Waals surface area contributed by atoms with Gasteiger partial charge in [-0.15, -0.1) is 6.58 Å². The highest BCUT2D eigenvalue weighted by Crippen LogP contribution is 2.51. The number of amides is 2. The number of aldehydes is 1. The van der Waals surface area contributed by atoms with Crippen LogP contribution in [0, 0.1) is 0 Å². The minimum Gasteiger partial charge on any atom is -0.493 e. The largest absolute Gasteiger partial charge is 0.493 e. The van der Waals surface area contributed by atoms with Gasteiger partial charge in [-0.3, -0.25) is 14.4 Å². The van der Waals surface area contributed by atoms with Gasteiger partial charge in [-0.2, -0.15) is 0 Å². The number of hydrogen-bond donors (Lipinski definition) is 3. The molecule has 2 aliphatic rings. The summed E-state index contributed by atoms with van der Waals surface area (Å²) >= 11 is 0. The van der Waals surface area contributed by atoms with Crippen LogP contribution in [0.15, 0.2) is 36.4 Å². The van der Waals surface area contributed by atoms with E-state index < -0.39 is 30.1 Å². The van der Waals surface area contributed by atoms with Gasteiger partial charge in [-0.05, 0) is 24.6 Å². The zero-order valence-electron chi connectivity index (χ0n) is 19.9. The van der Waals surface area contributed by atoms with Crippen LogP contribution in [-0.4, -0.2) is 92.0 Å². The standard InChI is InChI=1S/C25H32N2O8/c1-4-5-6-20(30)27(8-10-33-2)18-13-17(25(32)26-7-9-28)21-16-11-15(14-29)12-19(34-3)23(16)35-24(21)22(18)31/h4,11-14,18,21-22,24,28,31H,1,5-10H2,2-3H3,(H,26,32)/t18-,21+,22+,24+/m1/s1. The van der Waals surface area contributed by atoms with Gasteiger partial charge in [-0.25, -0.2) is 0 Å². The summed E-state index contributed by atoms with van der Waals surface area (Å²) in [6.07, 6.45) is 2.41. The van der Waals surface area contributed by atoms with Crippen molar-refractivity contribution in [2.45, 2.75) is 37.0 Å². The van der Waals surface area contributed by atoms with E-state index >= 15 is 0 Å². The SMILES string of the molecule is C=CCCC(=O)N(CCOC)[C@@H]1C=C(C(=O)NCCO)[C@@H]2c3cc(C=O)cc(OC)c3O[C@@H]2[C@H]1O. The first-order valence-electron chi connectivity index (χ1n) is 11.4. The fourth-order valence-corrected chi connectivity index (χ4v) is 4.56. The molecular formula is C25H32N2O8. The Morgan fingerprint density at radius 2 is 2.09 bits per heavy atom. The Labute approximate surface area is 204 Å². The zero-order chi connectivity index (χ0) is 25.5. The topological polar surface area (TPSA) is 135 Å². The van der Waals surface area contributed by atoms with Crippen LogP contribution in [0.3, 0.4) is 0 Å². The third kappa shape index (κ3) is 5.39. The molecule has 0 unspecified atom stereocenters. The molecule has 10 nitrogen and oxygen atoms in total. The Hall–Kier alpha value is -3.21. The van der Waals surface area contributed by atoms with E-state index in [1.54, 1.807) is 18.2 Å². The number of nitrogens with zero attached hydrogens (tertiary/aromatic N) is 1. The van der Waals surface area contributed by atoms with Crippen molar-refractivity contribution in [3.05, 3.63) is 47.6 Å². The van der Waals surface area contributed by atoms with Crippen molar-refractivity contribution >= 4 is 18.1 Å². The molecule has 0 spiro atoms. The van der Waals surface area contributed by atoms with Crippen LogP contribution in [0.5, 0.6) is 11.5 Å². The second kappa shape index (κ2) is 12.0. The van der Waals surface area contributed by atoms with Crippen molar-refractivity contribution in [2.75, 3.05) is 40.5 Å².